The Balaban J connectivity index is 2.28. The number of rotatable bonds is 5. The smallest absolute Gasteiger partial charge is 0.328 e. The summed E-state index contributed by atoms with van der Waals surface area (Å²) in [7, 11) is 0. The molecule has 0 atom stereocenters. The largest absolute Gasteiger partial charge is 0.478 e. The summed E-state index contributed by atoms with van der Waals surface area (Å²) in [6, 6.07) is 5.01. The molecule has 0 bridgehead atoms. The predicted molar refractivity (Wildman–Crippen MR) is 76.1 cm³/mol. The van der Waals surface area contributed by atoms with Crippen LogP contribution in [0.25, 0.3) is 6.08 Å². The van der Waals surface area contributed by atoms with Gasteiger partial charge in [-0.05, 0) is 31.2 Å². The van der Waals surface area contributed by atoms with E-state index in [1.54, 1.807) is 35.3 Å². The number of carboxylic acid groups (broad SMARTS) is 1. The van der Waals surface area contributed by atoms with Gasteiger partial charge in [0.25, 0.3) is 0 Å². The minimum absolute atomic E-state index is 0.506. The topological polar surface area (TPSA) is 64.3 Å². The van der Waals surface area contributed by atoms with Crippen molar-refractivity contribution in [1.82, 2.24) is 9.78 Å². The molecule has 104 valence electrons. The summed E-state index contributed by atoms with van der Waals surface area (Å²) >= 11 is 5.91. The van der Waals surface area contributed by atoms with Crippen LogP contribution in [-0.2, 0) is 11.3 Å². The fourth-order valence-corrected chi connectivity index (χ4v) is 1.78. The van der Waals surface area contributed by atoms with Crippen LogP contribution in [0.3, 0.4) is 0 Å². The van der Waals surface area contributed by atoms with E-state index in [-0.39, 0.29) is 0 Å². The molecule has 0 unspecified atom stereocenters. The van der Waals surface area contributed by atoms with E-state index in [0.29, 0.717) is 22.1 Å². The molecule has 2 aromatic rings. The molecule has 5 nitrogen and oxygen atoms in total. The van der Waals surface area contributed by atoms with Gasteiger partial charge in [-0.15, -0.1) is 0 Å². The Labute approximate surface area is 121 Å². The van der Waals surface area contributed by atoms with Crippen molar-refractivity contribution in [2.45, 2.75) is 13.5 Å². The third-order valence-electron chi connectivity index (χ3n) is 2.54. The minimum Gasteiger partial charge on any atom is -0.478 e. The molecule has 0 aliphatic heterocycles. The highest BCUT2D eigenvalue weighted by atomic mass is 35.5. The third kappa shape index (κ3) is 3.61. The Bertz CT molecular complexity index is 650. The number of ether oxygens (including phenoxy) is 1. The normalized spacial score (nSPS) is 10.9. The number of carboxylic acids is 1. The first-order valence-corrected chi connectivity index (χ1v) is 6.37. The van der Waals surface area contributed by atoms with Gasteiger partial charge in [0, 0.05) is 23.2 Å². The quantitative estimate of drug-likeness (QED) is 0.857. The molecule has 2 rings (SSSR count). The number of nitrogens with zero attached hydrogens (tertiary/aromatic N) is 2. The summed E-state index contributed by atoms with van der Waals surface area (Å²) in [5.41, 5.74) is 0.587. The van der Waals surface area contributed by atoms with Gasteiger partial charge in [0.1, 0.15) is 5.75 Å². The van der Waals surface area contributed by atoms with Crippen LogP contribution in [-0.4, -0.2) is 20.9 Å². The number of hydrogen-bond acceptors (Lipinski definition) is 3. The van der Waals surface area contributed by atoms with Gasteiger partial charge < -0.3 is 9.84 Å². The van der Waals surface area contributed by atoms with Crippen molar-refractivity contribution in [3.63, 3.8) is 0 Å². The molecule has 0 saturated carbocycles. The summed E-state index contributed by atoms with van der Waals surface area (Å²) in [5, 5.41) is 13.3. The molecule has 0 amide bonds. The van der Waals surface area contributed by atoms with Crippen molar-refractivity contribution in [2.24, 2.45) is 0 Å². The van der Waals surface area contributed by atoms with E-state index in [1.165, 1.54) is 6.08 Å². The summed E-state index contributed by atoms with van der Waals surface area (Å²) in [5.74, 6) is 0.0661. The monoisotopic (exact) mass is 292 g/mol. The fraction of sp³-hybridized carbons (Fsp3) is 0.143. The first-order chi connectivity index (χ1) is 9.58. The highest BCUT2D eigenvalue weighted by molar-refractivity contribution is 6.30. The van der Waals surface area contributed by atoms with Crippen molar-refractivity contribution >= 4 is 23.6 Å². The standard InChI is InChI=1S/C14H13ClN2O3/c1-2-17-9-12(8-16-17)20-13-5-4-11(15)7-10(13)3-6-14(18)19/h3-9H,2H2,1H3,(H,18,19)/b6-3+. The second-order valence-corrected chi connectivity index (χ2v) is 4.42. The lowest BCUT2D eigenvalue weighted by molar-refractivity contribution is -0.131. The lowest BCUT2D eigenvalue weighted by Crippen LogP contribution is -1.92. The number of aromatic nitrogens is 2. The number of halogens is 1. The molecule has 0 spiro atoms. The fourth-order valence-electron chi connectivity index (χ4n) is 1.60. The zero-order valence-corrected chi connectivity index (χ0v) is 11.5. The molecule has 1 aromatic heterocycles. The van der Waals surface area contributed by atoms with Crippen molar-refractivity contribution < 1.29 is 14.6 Å². The molecule has 6 heteroatoms. The Kier molecular flexibility index (Phi) is 4.42. The Hall–Kier alpha value is -2.27. The lowest BCUT2D eigenvalue weighted by Gasteiger charge is -2.07. The molecule has 0 aliphatic rings. The highest BCUT2D eigenvalue weighted by Gasteiger charge is 2.06. The van der Waals surface area contributed by atoms with Gasteiger partial charge in [-0.25, -0.2) is 4.79 Å². The van der Waals surface area contributed by atoms with Crippen LogP contribution in [0.15, 0.2) is 36.7 Å². The second kappa shape index (κ2) is 6.25. The van der Waals surface area contributed by atoms with E-state index < -0.39 is 5.97 Å². The summed E-state index contributed by atoms with van der Waals surface area (Å²) in [6.45, 7) is 2.72. The zero-order chi connectivity index (χ0) is 14.5. The van der Waals surface area contributed by atoms with Crippen LogP contribution in [0.2, 0.25) is 5.02 Å². The number of benzene rings is 1. The number of aryl methyl sites for hydroxylation is 1. The Morgan fingerprint density at radius 3 is 3.00 bits per heavy atom. The Morgan fingerprint density at radius 1 is 1.55 bits per heavy atom. The van der Waals surface area contributed by atoms with Gasteiger partial charge in [0.2, 0.25) is 0 Å². The Morgan fingerprint density at radius 2 is 2.35 bits per heavy atom. The molecule has 0 fully saturated rings. The molecule has 0 saturated heterocycles. The van der Waals surface area contributed by atoms with Gasteiger partial charge in [-0.3, -0.25) is 4.68 Å². The van der Waals surface area contributed by atoms with Crippen LogP contribution < -0.4 is 4.74 Å². The maximum atomic E-state index is 10.6. The van der Waals surface area contributed by atoms with Crippen molar-refractivity contribution in [2.75, 3.05) is 0 Å². The number of hydrogen-bond donors (Lipinski definition) is 1. The minimum atomic E-state index is -1.03. The van der Waals surface area contributed by atoms with Crippen LogP contribution in [0, 0.1) is 0 Å². The van der Waals surface area contributed by atoms with Gasteiger partial charge >= 0.3 is 5.97 Å². The first-order valence-electron chi connectivity index (χ1n) is 5.99. The van der Waals surface area contributed by atoms with Gasteiger partial charge in [0.05, 0.1) is 12.4 Å². The molecule has 0 aliphatic carbocycles. The molecule has 0 radical (unpaired) electrons. The average Bonchev–Trinajstić information content (AvgIpc) is 2.86. The van der Waals surface area contributed by atoms with Crippen LogP contribution in [0.5, 0.6) is 11.5 Å². The number of carbonyl (C=O) groups is 1. The molecule has 20 heavy (non-hydrogen) atoms. The summed E-state index contributed by atoms with van der Waals surface area (Å²) in [6.07, 6.45) is 5.84. The van der Waals surface area contributed by atoms with Crippen molar-refractivity contribution in [3.8, 4) is 11.5 Å². The predicted octanol–water partition coefficient (Wildman–Crippen LogP) is 3.45. The maximum absolute atomic E-state index is 10.6. The van der Waals surface area contributed by atoms with E-state index in [2.05, 4.69) is 5.10 Å². The number of aliphatic carboxylic acids is 1. The van der Waals surface area contributed by atoms with E-state index >= 15 is 0 Å². The molecular weight excluding hydrogens is 280 g/mol. The molecule has 1 heterocycles. The van der Waals surface area contributed by atoms with Crippen LogP contribution >= 0.6 is 11.6 Å². The van der Waals surface area contributed by atoms with Crippen molar-refractivity contribution in [3.05, 3.63) is 47.3 Å². The summed E-state index contributed by atoms with van der Waals surface area (Å²) in [4.78, 5) is 10.6. The van der Waals surface area contributed by atoms with Gasteiger partial charge in [-0.2, -0.15) is 5.10 Å². The average molecular weight is 293 g/mol. The maximum Gasteiger partial charge on any atom is 0.328 e. The molecule has 1 N–H and O–H groups in total. The van der Waals surface area contributed by atoms with E-state index in [9.17, 15) is 4.79 Å². The molecular formula is C14H13ClN2O3. The van der Waals surface area contributed by atoms with E-state index in [0.717, 1.165) is 12.6 Å². The third-order valence-corrected chi connectivity index (χ3v) is 2.77. The first kappa shape index (κ1) is 14.1. The SMILES string of the molecule is CCn1cc(Oc2ccc(Cl)cc2/C=C/C(=O)O)cn1. The van der Waals surface area contributed by atoms with E-state index in [4.69, 9.17) is 21.4 Å². The molecule has 1 aromatic carbocycles. The summed E-state index contributed by atoms with van der Waals surface area (Å²) < 4.78 is 7.43. The van der Waals surface area contributed by atoms with Crippen molar-refractivity contribution in [1.29, 1.82) is 0 Å². The van der Waals surface area contributed by atoms with Crippen LogP contribution in [0.4, 0.5) is 0 Å². The van der Waals surface area contributed by atoms with Gasteiger partial charge in [-0.1, -0.05) is 11.6 Å². The zero-order valence-electron chi connectivity index (χ0n) is 10.8. The highest BCUT2D eigenvalue weighted by Crippen LogP contribution is 2.28. The lowest BCUT2D eigenvalue weighted by atomic mass is 10.2. The van der Waals surface area contributed by atoms with Gasteiger partial charge in [0.15, 0.2) is 5.75 Å². The van der Waals surface area contributed by atoms with Crippen LogP contribution in [0.1, 0.15) is 12.5 Å². The second-order valence-electron chi connectivity index (χ2n) is 3.99. The van der Waals surface area contributed by atoms with E-state index in [1.807, 2.05) is 6.92 Å².